The van der Waals surface area contributed by atoms with Crippen molar-refractivity contribution in [3.63, 3.8) is 0 Å². The summed E-state index contributed by atoms with van der Waals surface area (Å²) in [5, 5.41) is 15.8. The van der Waals surface area contributed by atoms with E-state index in [2.05, 4.69) is 34.5 Å². The highest BCUT2D eigenvalue weighted by Gasteiger charge is 2.18. The monoisotopic (exact) mass is 343 g/mol. The van der Waals surface area contributed by atoms with E-state index in [-0.39, 0.29) is 11.9 Å². The lowest BCUT2D eigenvalue weighted by Gasteiger charge is -2.11. The Hall–Kier alpha value is -2.70. The molecule has 0 bridgehead atoms. The summed E-state index contributed by atoms with van der Waals surface area (Å²) in [5.41, 5.74) is 2.01. The Morgan fingerprint density at radius 2 is 1.96 bits per heavy atom. The van der Waals surface area contributed by atoms with Gasteiger partial charge in [-0.3, -0.25) is 0 Å². The fourth-order valence-electron chi connectivity index (χ4n) is 2.59. The molecule has 2 aromatic heterocycles. The normalized spacial score (nSPS) is 12.6. The highest BCUT2D eigenvalue weighted by Crippen LogP contribution is 2.24. The first kappa shape index (κ1) is 17.1. The number of para-hydroxylation sites is 1. The molecule has 6 nitrogen and oxygen atoms in total. The van der Waals surface area contributed by atoms with E-state index in [0.717, 1.165) is 17.8 Å². The van der Waals surface area contributed by atoms with Crippen LogP contribution >= 0.6 is 0 Å². The molecule has 2 heterocycles. The number of rotatable bonds is 6. The van der Waals surface area contributed by atoms with Crippen LogP contribution in [0, 0.1) is 18.7 Å². The Bertz CT molecular complexity index is 855. The second-order valence-corrected chi connectivity index (χ2v) is 6.50. The van der Waals surface area contributed by atoms with Crippen LogP contribution in [0.3, 0.4) is 0 Å². The molecule has 0 saturated carbocycles. The fourth-order valence-corrected chi connectivity index (χ4v) is 2.59. The van der Waals surface area contributed by atoms with Gasteiger partial charge < -0.3 is 9.73 Å². The molecule has 132 valence electrons. The van der Waals surface area contributed by atoms with E-state index < -0.39 is 0 Å². The molecule has 25 heavy (non-hydrogen) atoms. The van der Waals surface area contributed by atoms with Crippen LogP contribution in [0.15, 0.2) is 34.9 Å². The smallest absolute Gasteiger partial charge is 0.238 e. The summed E-state index contributed by atoms with van der Waals surface area (Å²) in [6.45, 7) is 8.02. The van der Waals surface area contributed by atoms with E-state index in [4.69, 9.17) is 4.42 Å². The zero-order valence-corrected chi connectivity index (χ0v) is 14.8. The molecular formula is C18H22FN5O. The van der Waals surface area contributed by atoms with Crippen molar-refractivity contribution in [3.8, 4) is 5.69 Å². The van der Waals surface area contributed by atoms with Gasteiger partial charge in [0.25, 0.3) is 0 Å². The predicted octanol–water partition coefficient (Wildman–Crippen LogP) is 4.07. The first-order valence-electron chi connectivity index (χ1n) is 8.34. The fraction of sp³-hybridized carbons (Fsp3) is 0.389. The lowest BCUT2D eigenvalue weighted by Crippen LogP contribution is -2.08. The lowest BCUT2D eigenvalue weighted by atomic mass is 10.1. The van der Waals surface area contributed by atoms with Crippen LogP contribution in [0.1, 0.15) is 44.3 Å². The molecule has 3 aromatic rings. The predicted molar refractivity (Wildman–Crippen MR) is 93.1 cm³/mol. The molecule has 7 heteroatoms. The van der Waals surface area contributed by atoms with Gasteiger partial charge in [0.05, 0.1) is 17.6 Å². The lowest BCUT2D eigenvalue weighted by molar-refractivity contribution is 0.414. The second kappa shape index (κ2) is 7.04. The quantitative estimate of drug-likeness (QED) is 0.730. The molecule has 0 saturated heterocycles. The third kappa shape index (κ3) is 3.70. The molecule has 0 aliphatic rings. The summed E-state index contributed by atoms with van der Waals surface area (Å²) < 4.78 is 21.3. The van der Waals surface area contributed by atoms with E-state index in [1.807, 2.05) is 13.8 Å². The maximum absolute atomic E-state index is 14.0. The molecule has 0 radical (unpaired) electrons. The summed E-state index contributed by atoms with van der Waals surface area (Å²) in [4.78, 5) is 0. The Kier molecular flexibility index (Phi) is 4.83. The highest BCUT2D eigenvalue weighted by atomic mass is 19.1. The molecule has 0 fully saturated rings. The number of hydrogen-bond donors (Lipinski definition) is 1. The number of hydrogen-bond acceptors (Lipinski definition) is 5. The Morgan fingerprint density at radius 3 is 2.68 bits per heavy atom. The Morgan fingerprint density at radius 1 is 1.20 bits per heavy atom. The van der Waals surface area contributed by atoms with Gasteiger partial charge in [0.15, 0.2) is 0 Å². The average Bonchev–Trinajstić information content (AvgIpc) is 3.15. The topological polar surface area (TPSA) is 68.8 Å². The largest absolute Gasteiger partial charge is 0.423 e. The first-order valence-corrected chi connectivity index (χ1v) is 8.34. The molecule has 1 atom stereocenters. The van der Waals surface area contributed by atoms with Gasteiger partial charge in [-0.2, -0.15) is 5.10 Å². The Labute approximate surface area is 146 Å². The zero-order chi connectivity index (χ0) is 18.0. The van der Waals surface area contributed by atoms with E-state index in [1.54, 1.807) is 29.1 Å². The molecule has 1 aromatic carbocycles. The van der Waals surface area contributed by atoms with Crippen LogP contribution in [0.5, 0.6) is 0 Å². The number of nitrogens with one attached hydrogen (secondary N) is 1. The molecule has 0 spiro atoms. The number of nitrogens with zero attached hydrogens (tertiary/aromatic N) is 4. The Balaban J connectivity index is 1.77. The molecule has 0 amide bonds. The second-order valence-electron chi connectivity index (χ2n) is 6.50. The summed E-state index contributed by atoms with van der Waals surface area (Å²) >= 11 is 0. The first-order chi connectivity index (χ1) is 12.0. The minimum atomic E-state index is -0.316. The van der Waals surface area contributed by atoms with Gasteiger partial charge in [0.1, 0.15) is 17.5 Å². The van der Waals surface area contributed by atoms with Crippen molar-refractivity contribution >= 4 is 5.69 Å². The van der Waals surface area contributed by atoms with E-state index >= 15 is 0 Å². The van der Waals surface area contributed by atoms with Crippen molar-refractivity contribution < 1.29 is 8.81 Å². The number of benzene rings is 1. The van der Waals surface area contributed by atoms with Gasteiger partial charge in [-0.1, -0.05) is 26.0 Å². The molecule has 1 N–H and O–H groups in total. The van der Waals surface area contributed by atoms with Crippen LogP contribution in [-0.2, 0) is 6.42 Å². The highest BCUT2D eigenvalue weighted by molar-refractivity contribution is 5.50. The van der Waals surface area contributed by atoms with Crippen molar-refractivity contribution in [1.29, 1.82) is 0 Å². The minimum absolute atomic E-state index is 0.176. The number of halogens is 1. The summed E-state index contributed by atoms with van der Waals surface area (Å²) in [7, 11) is 0. The molecule has 0 aliphatic carbocycles. The van der Waals surface area contributed by atoms with Gasteiger partial charge in [0, 0.05) is 6.42 Å². The summed E-state index contributed by atoms with van der Waals surface area (Å²) in [6, 6.07) is 6.37. The summed E-state index contributed by atoms with van der Waals surface area (Å²) in [5.74, 6) is 1.30. The van der Waals surface area contributed by atoms with Crippen molar-refractivity contribution in [2.75, 3.05) is 5.32 Å². The van der Waals surface area contributed by atoms with Crippen molar-refractivity contribution in [1.82, 2.24) is 20.0 Å². The maximum Gasteiger partial charge on any atom is 0.238 e. The van der Waals surface area contributed by atoms with E-state index in [1.165, 1.54) is 6.07 Å². The van der Waals surface area contributed by atoms with Crippen molar-refractivity contribution in [2.24, 2.45) is 5.92 Å². The van der Waals surface area contributed by atoms with E-state index in [9.17, 15) is 4.39 Å². The van der Waals surface area contributed by atoms with Crippen LogP contribution in [0.25, 0.3) is 5.69 Å². The van der Waals surface area contributed by atoms with Crippen LogP contribution in [0.2, 0.25) is 0 Å². The number of aromatic nitrogens is 4. The molecule has 3 rings (SSSR count). The van der Waals surface area contributed by atoms with Gasteiger partial charge in [-0.25, -0.2) is 9.07 Å². The van der Waals surface area contributed by atoms with Crippen LogP contribution in [0.4, 0.5) is 10.1 Å². The van der Waals surface area contributed by atoms with Crippen LogP contribution in [-0.4, -0.2) is 20.0 Å². The maximum atomic E-state index is 14.0. The van der Waals surface area contributed by atoms with Gasteiger partial charge in [0.2, 0.25) is 11.8 Å². The SMILES string of the molecule is Cc1c(NC(C)c2nnc(CC(C)C)o2)cnn1-c1ccccc1F. The van der Waals surface area contributed by atoms with Gasteiger partial charge in [-0.05, 0) is 31.9 Å². The number of anilines is 1. The zero-order valence-electron chi connectivity index (χ0n) is 14.8. The standard InChI is InChI=1S/C18H22FN5O/c1-11(2)9-17-22-23-18(25-17)12(3)21-15-10-20-24(13(15)4)16-8-6-5-7-14(16)19/h5-8,10-12,21H,9H2,1-4H3. The molecule has 0 aliphatic heterocycles. The average molecular weight is 343 g/mol. The van der Waals surface area contributed by atoms with Crippen LogP contribution < -0.4 is 5.32 Å². The summed E-state index contributed by atoms with van der Waals surface area (Å²) in [6.07, 6.45) is 2.42. The van der Waals surface area contributed by atoms with E-state index in [0.29, 0.717) is 23.4 Å². The van der Waals surface area contributed by atoms with Gasteiger partial charge in [-0.15, -0.1) is 10.2 Å². The van der Waals surface area contributed by atoms with Crippen molar-refractivity contribution in [3.05, 3.63) is 53.8 Å². The van der Waals surface area contributed by atoms with Gasteiger partial charge >= 0.3 is 0 Å². The van der Waals surface area contributed by atoms with Crippen molar-refractivity contribution in [2.45, 2.75) is 40.2 Å². The molecule has 1 unspecified atom stereocenters. The molecular weight excluding hydrogens is 321 g/mol. The third-order valence-corrected chi connectivity index (χ3v) is 3.90. The minimum Gasteiger partial charge on any atom is -0.423 e. The third-order valence-electron chi connectivity index (χ3n) is 3.90.